The summed E-state index contributed by atoms with van der Waals surface area (Å²) in [5.74, 6) is 4.40. The summed E-state index contributed by atoms with van der Waals surface area (Å²) in [6.45, 7) is 0.203. The number of benzene rings is 2. The van der Waals surface area contributed by atoms with Gasteiger partial charge in [0.1, 0.15) is 0 Å². The number of hydrazine groups is 1. The Morgan fingerprint density at radius 2 is 1.96 bits per heavy atom. The molecule has 0 unspecified atom stereocenters. The topological polar surface area (TPSA) is 72.9 Å². The van der Waals surface area contributed by atoms with E-state index in [9.17, 15) is 18.0 Å². The Hall–Kier alpha value is -2.55. The number of hydrogen-bond acceptors (Lipinski definition) is 3. The average Bonchev–Trinajstić information content (AvgIpc) is 2.98. The minimum atomic E-state index is -4.51. The monoisotopic (exact) mass is 428 g/mol. The van der Waals surface area contributed by atoms with E-state index in [1.807, 2.05) is 5.43 Å². The van der Waals surface area contributed by atoms with E-state index in [1.165, 1.54) is 16.8 Å². The normalized spacial score (nSPS) is 12.1. The fourth-order valence-electron chi connectivity index (χ4n) is 2.64. The fraction of sp³-hybridized carbons (Fsp3) is 0.111. The van der Waals surface area contributed by atoms with Crippen LogP contribution in [-0.2, 0) is 17.5 Å². The van der Waals surface area contributed by atoms with Gasteiger partial charge < -0.3 is 0 Å². The summed E-state index contributed by atoms with van der Waals surface area (Å²) in [5.41, 5.74) is 2.42. The lowest BCUT2D eigenvalue weighted by atomic mass is 10.1. The molecule has 3 rings (SSSR count). The van der Waals surface area contributed by atoms with Gasteiger partial charge in [-0.25, -0.2) is 5.84 Å². The van der Waals surface area contributed by atoms with Crippen LogP contribution in [0.5, 0.6) is 0 Å². The highest BCUT2D eigenvalue weighted by molar-refractivity contribution is 6.35. The highest BCUT2D eigenvalue weighted by Crippen LogP contribution is 2.33. The first-order chi connectivity index (χ1) is 13.2. The molecule has 0 spiro atoms. The number of nitrogens with one attached hydrogen (secondary N) is 1. The zero-order chi connectivity index (χ0) is 20.5. The molecule has 0 aliphatic heterocycles. The molecule has 1 heterocycles. The number of halogens is 5. The van der Waals surface area contributed by atoms with Crippen LogP contribution in [0.15, 0.2) is 42.5 Å². The molecule has 0 fully saturated rings. The SMILES string of the molecule is NNC(=O)/C=C/c1nn(Cc2ccc(Cl)cc2Cl)c2ccc(C(F)(F)F)cc12. The average molecular weight is 429 g/mol. The van der Waals surface area contributed by atoms with Gasteiger partial charge in [-0.15, -0.1) is 0 Å². The van der Waals surface area contributed by atoms with E-state index >= 15 is 0 Å². The molecule has 0 saturated carbocycles. The Labute approximate surface area is 167 Å². The second-order valence-corrected chi connectivity index (χ2v) is 6.69. The van der Waals surface area contributed by atoms with Crippen molar-refractivity contribution in [3.05, 3.63) is 69.3 Å². The molecule has 0 radical (unpaired) electrons. The Morgan fingerprint density at radius 3 is 2.61 bits per heavy atom. The molecule has 3 aromatic rings. The van der Waals surface area contributed by atoms with Crippen molar-refractivity contribution in [2.24, 2.45) is 5.84 Å². The van der Waals surface area contributed by atoms with Crippen LogP contribution in [0.25, 0.3) is 17.0 Å². The summed E-state index contributed by atoms with van der Waals surface area (Å²) in [7, 11) is 0. The first-order valence-electron chi connectivity index (χ1n) is 7.89. The smallest absolute Gasteiger partial charge is 0.291 e. The molecule has 1 aromatic heterocycles. The van der Waals surface area contributed by atoms with E-state index in [0.717, 1.165) is 18.2 Å². The van der Waals surface area contributed by atoms with E-state index in [-0.39, 0.29) is 17.6 Å². The van der Waals surface area contributed by atoms with Gasteiger partial charge in [-0.3, -0.25) is 14.9 Å². The van der Waals surface area contributed by atoms with Crippen LogP contribution < -0.4 is 11.3 Å². The molecule has 28 heavy (non-hydrogen) atoms. The van der Waals surface area contributed by atoms with Crippen molar-refractivity contribution in [3.8, 4) is 0 Å². The van der Waals surface area contributed by atoms with E-state index in [0.29, 0.717) is 21.1 Å². The number of hydrogen-bond donors (Lipinski definition) is 2. The summed E-state index contributed by atoms with van der Waals surface area (Å²) in [6, 6.07) is 8.22. The summed E-state index contributed by atoms with van der Waals surface area (Å²) in [4.78, 5) is 11.4. The number of rotatable bonds is 4. The second kappa shape index (κ2) is 7.83. The maximum Gasteiger partial charge on any atom is 0.416 e. The summed E-state index contributed by atoms with van der Waals surface area (Å²) in [5, 5.41) is 5.43. The maximum atomic E-state index is 13.1. The zero-order valence-electron chi connectivity index (χ0n) is 14.1. The Balaban J connectivity index is 2.12. The number of amides is 1. The lowest BCUT2D eigenvalue weighted by Crippen LogP contribution is -2.27. The van der Waals surface area contributed by atoms with Crippen LogP contribution in [0.1, 0.15) is 16.8 Å². The van der Waals surface area contributed by atoms with Gasteiger partial charge in [-0.2, -0.15) is 18.3 Å². The van der Waals surface area contributed by atoms with Crippen LogP contribution in [0, 0.1) is 0 Å². The number of carbonyl (C=O) groups is 1. The van der Waals surface area contributed by atoms with Crippen molar-refractivity contribution in [2.45, 2.75) is 12.7 Å². The predicted octanol–water partition coefficient (Wildman–Crippen LogP) is 4.41. The highest BCUT2D eigenvalue weighted by atomic mass is 35.5. The Morgan fingerprint density at radius 1 is 1.21 bits per heavy atom. The van der Waals surface area contributed by atoms with Gasteiger partial charge in [0.25, 0.3) is 5.91 Å². The largest absolute Gasteiger partial charge is 0.416 e. The molecule has 0 bridgehead atoms. The molecule has 0 saturated heterocycles. The van der Waals surface area contributed by atoms with Crippen molar-refractivity contribution >= 4 is 46.1 Å². The molecular weight excluding hydrogens is 416 g/mol. The van der Waals surface area contributed by atoms with E-state index in [4.69, 9.17) is 29.0 Å². The van der Waals surface area contributed by atoms with Crippen molar-refractivity contribution in [1.82, 2.24) is 15.2 Å². The number of nitrogens with two attached hydrogens (primary N) is 1. The van der Waals surface area contributed by atoms with Crippen molar-refractivity contribution in [1.29, 1.82) is 0 Å². The first-order valence-corrected chi connectivity index (χ1v) is 8.65. The molecule has 10 heteroatoms. The van der Waals surface area contributed by atoms with Gasteiger partial charge in [0.2, 0.25) is 0 Å². The van der Waals surface area contributed by atoms with E-state index < -0.39 is 17.6 Å². The number of alkyl halides is 3. The number of carbonyl (C=O) groups excluding carboxylic acids is 1. The lowest BCUT2D eigenvalue weighted by Gasteiger charge is -2.08. The molecule has 3 N–H and O–H groups in total. The predicted molar refractivity (Wildman–Crippen MR) is 102 cm³/mol. The van der Waals surface area contributed by atoms with Gasteiger partial charge in [-0.1, -0.05) is 29.3 Å². The Bertz CT molecular complexity index is 1080. The van der Waals surface area contributed by atoms with Gasteiger partial charge >= 0.3 is 6.18 Å². The summed E-state index contributed by atoms with van der Waals surface area (Å²) >= 11 is 12.1. The first kappa shape index (κ1) is 20.2. The minimum absolute atomic E-state index is 0.190. The fourth-order valence-corrected chi connectivity index (χ4v) is 3.11. The van der Waals surface area contributed by atoms with Gasteiger partial charge in [0.15, 0.2) is 0 Å². The molecule has 5 nitrogen and oxygen atoms in total. The van der Waals surface area contributed by atoms with Crippen molar-refractivity contribution < 1.29 is 18.0 Å². The highest BCUT2D eigenvalue weighted by Gasteiger charge is 2.31. The number of nitrogens with zero attached hydrogens (tertiary/aromatic N) is 2. The van der Waals surface area contributed by atoms with E-state index in [2.05, 4.69) is 5.10 Å². The molecule has 2 aromatic carbocycles. The van der Waals surface area contributed by atoms with Crippen LogP contribution in [0.2, 0.25) is 10.0 Å². The number of aromatic nitrogens is 2. The van der Waals surface area contributed by atoms with E-state index in [1.54, 1.807) is 18.2 Å². The molecule has 0 aliphatic carbocycles. The van der Waals surface area contributed by atoms with Crippen LogP contribution in [-0.4, -0.2) is 15.7 Å². The van der Waals surface area contributed by atoms with Gasteiger partial charge in [0.05, 0.1) is 23.3 Å². The van der Waals surface area contributed by atoms with Crippen LogP contribution >= 0.6 is 23.2 Å². The van der Waals surface area contributed by atoms with Gasteiger partial charge in [-0.05, 0) is 42.0 Å². The second-order valence-electron chi connectivity index (χ2n) is 5.85. The lowest BCUT2D eigenvalue weighted by molar-refractivity contribution is -0.137. The maximum absolute atomic E-state index is 13.1. The van der Waals surface area contributed by atoms with Crippen molar-refractivity contribution in [2.75, 3.05) is 0 Å². The van der Waals surface area contributed by atoms with Crippen LogP contribution in [0.4, 0.5) is 13.2 Å². The molecule has 1 amide bonds. The molecular formula is C18H13Cl2F3N4O. The molecule has 146 valence electrons. The zero-order valence-corrected chi connectivity index (χ0v) is 15.6. The standard InChI is InChI=1S/C18H13Cl2F3N4O/c19-12-3-1-10(14(20)8-12)9-27-16-5-2-11(18(21,22)23)7-13(16)15(26-27)4-6-17(28)25-24/h1-8H,9,24H2,(H,25,28)/b6-4+. The third-order valence-corrected chi connectivity index (χ3v) is 4.56. The summed E-state index contributed by atoms with van der Waals surface area (Å²) in [6.07, 6.45) is -2.13. The molecule has 0 atom stereocenters. The summed E-state index contributed by atoms with van der Waals surface area (Å²) < 4.78 is 40.8. The quantitative estimate of drug-likeness (QED) is 0.279. The minimum Gasteiger partial charge on any atom is -0.291 e. The van der Waals surface area contributed by atoms with Gasteiger partial charge in [0, 0.05) is 21.5 Å². The van der Waals surface area contributed by atoms with Crippen molar-refractivity contribution in [3.63, 3.8) is 0 Å². The third-order valence-electron chi connectivity index (χ3n) is 3.98. The third kappa shape index (κ3) is 4.30. The number of fused-ring (bicyclic) bond motifs is 1. The van der Waals surface area contributed by atoms with Crippen LogP contribution in [0.3, 0.4) is 0 Å². The molecule has 0 aliphatic rings. The Kier molecular flexibility index (Phi) is 5.64.